The summed E-state index contributed by atoms with van der Waals surface area (Å²) in [6.45, 7) is 3.81. The summed E-state index contributed by atoms with van der Waals surface area (Å²) in [5.41, 5.74) is 0.782. The Morgan fingerprint density at radius 2 is 2.00 bits per heavy atom. The highest BCUT2D eigenvalue weighted by atomic mass is 16.6. The molecule has 0 radical (unpaired) electrons. The third-order valence-electron chi connectivity index (χ3n) is 2.37. The zero-order valence-corrected chi connectivity index (χ0v) is 10.6. The molecule has 0 aliphatic carbocycles. The molecule has 98 valence electrons. The van der Waals surface area contributed by atoms with Gasteiger partial charge in [-0.05, 0) is 19.4 Å². The maximum absolute atomic E-state index is 11.7. The van der Waals surface area contributed by atoms with E-state index < -0.39 is 17.9 Å². The van der Waals surface area contributed by atoms with Crippen LogP contribution < -0.4 is 0 Å². The van der Waals surface area contributed by atoms with Gasteiger partial charge in [0.15, 0.2) is 5.92 Å². The van der Waals surface area contributed by atoms with Gasteiger partial charge in [-0.2, -0.15) is 0 Å². The zero-order valence-electron chi connectivity index (χ0n) is 10.6. The van der Waals surface area contributed by atoms with Crippen molar-refractivity contribution >= 4 is 11.9 Å². The Morgan fingerprint density at radius 1 is 1.28 bits per heavy atom. The average Bonchev–Trinajstić information content (AvgIpc) is 2.39. The normalized spacial score (nSPS) is 11.7. The predicted octanol–water partition coefficient (Wildman–Crippen LogP) is 1.71. The molecule has 1 atom stereocenters. The summed E-state index contributed by atoms with van der Waals surface area (Å²) in [6, 6.07) is 3.55. The van der Waals surface area contributed by atoms with Gasteiger partial charge in [0.25, 0.3) is 0 Å². The number of ether oxygens (including phenoxy) is 2. The molecule has 0 aromatic carbocycles. The number of hydrogen-bond acceptors (Lipinski definition) is 5. The van der Waals surface area contributed by atoms with Crippen molar-refractivity contribution in [3.63, 3.8) is 0 Å². The number of nitrogens with zero attached hydrogens (tertiary/aromatic N) is 1. The number of carbonyl (C=O) groups is 2. The molecule has 5 nitrogen and oxygen atoms in total. The van der Waals surface area contributed by atoms with E-state index in [9.17, 15) is 9.59 Å². The summed E-state index contributed by atoms with van der Waals surface area (Å²) in [4.78, 5) is 27.1. The Bertz CT molecular complexity index is 391. The van der Waals surface area contributed by atoms with Crippen molar-refractivity contribution in [2.45, 2.75) is 26.9 Å². The summed E-state index contributed by atoms with van der Waals surface area (Å²) < 4.78 is 9.88. The van der Waals surface area contributed by atoms with Crippen LogP contribution in [0.15, 0.2) is 24.5 Å². The predicted molar refractivity (Wildman–Crippen MR) is 64.4 cm³/mol. The van der Waals surface area contributed by atoms with E-state index in [2.05, 4.69) is 4.98 Å². The first kappa shape index (κ1) is 14.2. The van der Waals surface area contributed by atoms with Crippen molar-refractivity contribution in [3.05, 3.63) is 30.1 Å². The van der Waals surface area contributed by atoms with Gasteiger partial charge in [-0.1, -0.05) is 13.0 Å². The monoisotopic (exact) mass is 251 g/mol. The molecule has 1 heterocycles. The fourth-order valence-electron chi connectivity index (χ4n) is 1.41. The van der Waals surface area contributed by atoms with E-state index in [-0.39, 0.29) is 13.2 Å². The van der Waals surface area contributed by atoms with Gasteiger partial charge < -0.3 is 9.47 Å². The summed E-state index contributed by atoms with van der Waals surface area (Å²) >= 11 is 0. The lowest BCUT2D eigenvalue weighted by Crippen LogP contribution is -2.27. The molecule has 0 bridgehead atoms. The van der Waals surface area contributed by atoms with Gasteiger partial charge in [0, 0.05) is 18.0 Å². The summed E-state index contributed by atoms with van der Waals surface area (Å²) in [5.74, 6) is -1.93. The Balaban J connectivity index is 2.50. The maximum atomic E-state index is 11.7. The highest BCUT2D eigenvalue weighted by molar-refractivity contribution is 5.94. The Kier molecular flexibility index (Phi) is 5.84. The number of esters is 2. The second-order valence-electron chi connectivity index (χ2n) is 3.68. The highest BCUT2D eigenvalue weighted by Crippen LogP contribution is 2.10. The van der Waals surface area contributed by atoms with Crippen LogP contribution in [0.3, 0.4) is 0 Å². The van der Waals surface area contributed by atoms with Gasteiger partial charge in [0.05, 0.1) is 6.61 Å². The van der Waals surface area contributed by atoms with E-state index in [1.165, 1.54) is 0 Å². The van der Waals surface area contributed by atoms with Crippen LogP contribution in [0.1, 0.15) is 25.8 Å². The van der Waals surface area contributed by atoms with E-state index in [1.807, 2.05) is 0 Å². The van der Waals surface area contributed by atoms with Crippen molar-refractivity contribution in [2.24, 2.45) is 5.92 Å². The fourth-order valence-corrected chi connectivity index (χ4v) is 1.41. The van der Waals surface area contributed by atoms with Gasteiger partial charge in [0.2, 0.25) is 0 Å². The van der Waals surface area contributed by atoms with Crippen molar-refractivity contribution in [1.82, 2.24) is 4.98 Å². The van der Waals surface area contributed by atoms with Crippen molar-refractivity contribution in [2.75, 3.05) is 6.61 Å². The van der Waals surface area contributed by atoms with Crippen LogP contribution in [-0.4, -0.2) is 23.5 Å². The minimum absolute atomic E-state index is 0.114. The van der Waals surface area contributed by atoms with E-state index in [1.54, 1.807) is 38.4 Å². The van der Waals surface area contributed by atoms with Gasteiger partial charge in [-0.25, -0.2) is 0 Å². The van der Waals surface area contributed by atoms with Crippen molar-refractivity contribution in [3.8, 4) is 0 Å². The van der Waals surface area contributed by atoms with E-state index in [4.69, 9.17) is 9.47 Å². The lowest BCUT2D eigenvalue weighted by molar-refractivity contribution is -0.162. The number of pyridine rings is 1. The third-order valence-corrected chi connectivity index (χ3v) is 2.37. The number of hydrogen-bond donors (Lipinski definition) is 0. The van der Waals surface area contributed by atoms with Crippen LogP contribution in [-0.2, 0) is 25.7 Å². The standard InChI is InChI=1S/C13H17NO4/c1-3-11(12(15)17-4-2)13(16)18-9-10-6-5-7-14-8-10/h5-8,11H,3-4,9H2,1-2H3. The van der Waals surface area contributed by atoms with Gasteiger partial charge in [0.1, 0.15) is 6.61 Å². The van der Waals surface area contributed by atoms with Crippen molar-refractivity contribution < 1.29 is 19.1 Å². The molecule has 18 heavy (non-hydrogen) atoms. The average molecular weight is 251 g/mol. The van der Waals surface area contributed by atoms with Crippen molar-refractivity contribution in [1.29, 1.82) is 0 Å². The third kappa shape index (κ3) is 4.16. The quantitative estimate of drug-likeness (QED) is 0.569. The summed E-state index contributed by atoms with van der Waals surface area (Å²) in [7, 11) is 0. The van der Waals surface area contributed by atoms with Crippen LogP contribution in [0.5, 0.6) is 0 Å². The molecule has 0 saturated heterocycles. The van der Waals surface area contributed by atoms with Crippen LogP contribution in [0, 0.1) is 5.92 Å². The molecule has 0 saturated carbocycles. The largest absolute Gasteiger partial charge is 0.465 e. The van der Waals surface area contributed by atoms with Gasteiger partial charge in [-0.15, -0.1) is 0 Å². The molecule has 0 fully saturated rings. The number of aromatic nitrogens is 1. The lowest BCUT2D eigenvalue weighted by atomic mass is 10.1. The number of rotatable bonds is 6. The SMILES string of the molecule is CCOC(=O)C(CC)C(=O)OCc1cccnc1. The molecule has 0 aliphatic heterocycles. The molecule has 0 aliphatic rings. The lowest BCUT2D eigenvalue weighted by Gasteiger charge is -2.12. The first-order valence-corrected chi connectivity index (χ1v) is 5.91. The summed E-state index contributed by atoms with van der Waals surface area (Å²) in [5, 5.41) is 0. The first-order valence-electron chi connectivity index (χ1n) is 5.91. The minimum Gasteiger partial charge on any atom is -0.465 e. The first-order chi connectivity index (χ1) is 8.69. The van der Waals surface area contributed by atoms with E-state index in [0.29, 0.717) is 6.42 Å². The molecule has 0 spiro atoms. The second kappa shape index (κ2) is 7.42. The molecule has 1 rings (SSSR count). The van der Waals surface area contributed by atoms with E-state index in [0.717, 1.165) is 5.56 Å². The molecule has 0 N–H and O–H groups in total. The smallest absolute Gasteiger partial charge is 0.320 e. The fraction of sp³-hybridized carbons (Fsp3) is 0.462. The number of carbonyl (C=O) groups excluding carboxylic acids is 2. The van der Waals surface area contributed by atoms with Crippen LogP contribution in [0.4, 0.5) is 0 Å². The molecule has 0 amide bonds. The van der Waals surface area contributed by atoms with Crippen LogP contribution >= 0.6 is 0 Å². The topological polar surface area (TPSA) is 65.5 Å². The highest BCUT2D eigenvalue weighted by Gasteiger charge is 2.27. The summed E-state index contributed by atoms with van der Waals surface area (Å²) in [6.07, 6.45) is 3.61. The maximum Gasteiger partial charge on any atom is 0.320 e. The Labute approximate surface area is 106 Å². The molecule has 5 heteroatoms. The molecule has 1 aromatic rings. The molecular weight excluding hydrogens is 234 g/mol. The van der Waals surface area contributed by atoms with E-state index >= 15 is 0 Å². The van der Waals surface area contributed by atoms with Crippen LogP contribution in [0.2, 0.25) is 0 Å². The second-order valence-corrected chi connectivity index (χ2v) is 3.68. The Morgan fingerprint density at radius 3 is 2.56 bits per heavy atom. The van der Waals surface area contributed by atoms with Crippen LogP contribution in [0.25, 0.3) is 0 Å². The Hall–Kier alpha value is -1.91. The molecule has 1 unspecified atom stereocenters. The minimum atomic E-state index is -0.846. The van der Waals surface area contributed by atoms with Gasteiger partial charge in [-0.3, -0.25) is 14.6 Å². The zero-order chi connectivity index (χ0) is 13.4. The molecule has 1 aromatic heterocycles. The van der Waals surface area contributed by atoms with Gasteiger partial charge >= 0.3 is 11.9 Å². The molecular formula is C13H17NO4.